The Labute approximate surface area is 193 Å². The van der Waals surface area contributed by atoms with E-state index in [1.54, 1.807) is 18.4 Å². The van der Waals surface area contributed by atoms with Gasteiger partial charge in [-0.15, -0.1) is 35.3 Å². The molecule has 0 spiro atoms. The molecule has 0 fully saturated rings. The van der Waals surface area contributed by atoms with Crippen LogP contribution in [0.5, 0.6) is 5.75 Å². The Morgan fingerprint density at radius 2 is 1.76 bits per heavy atom. The SMILES string of the molecule is CN=C(NCCc1csc(C)n1)NCc1ccc(COc2ccccc2)cc1.I. The number of aromatic nitrogens is 1. The zero-order valence-electron chi connectivity index (χ0n) is 16.7. The van der Waals surface area contributed by atoms with Crippen LogP contribution in [0, 0.1) is 6.92 Å². The Balaban J connectivity index is 0.00000300. The Kier molecular flexibility index (Phi) is 9.93. The summed E-state index contributed by atoms with van der Waals surface area (Å²) in [7, 11) is 1.78. The first-order chi connectivity index (χ1) is 13.7. The maximum Gasteiger partial charge on any atom is 0.191 e. The number of hydrogen-bond acceptors (Lipinski definition) is 4. The van der Waals surface area contributed by atoms with E-state index in [-0.39, 0.29) is 24.0 Å². The first-order valence-electron chi connectivity index (χ1n) is 9.34. The number of aryl methyl sites for hydroxylation is 1. The minimum absolute atomic E-state index is 0. The van der Waals surface area contributed by atoms with Crippen LogP contribution in [-0.4, -0.2) is 24.5 Å². The van der Waals surface area contributed by atoms with Crippen LogP contribution in [0.3, 0.4) is 0 Å². The molecule has 0 saturated heterocycles. The number of rotatable bonds is 8. The van der Waals surface area contributed by atoms with Crippen LogP contribution in [0.25, 0.3) is 0 Å². The van der Waals surface area contributed by atoms with Gasteiger partial charge in [0.05, 0.1) is 10.7 Å². The number of thiazole rings is 1. The standard InChI is InChI=1S/C22H26N4OS.HI/c1-17-26-20(16-28-17)12-13-24-22(23-2)25-14-18-8-10-19(11-9-18)15-27-21-6-4-3-5-7-21;/h3-11,16H,12-15H2,1-2H3,(H2,23,24,25);1H. The normalized spacial score (nSPS) is 10.9. The van der Waals surface area contributed by atoms with Gasteiger partial charge >= 0.3 is 0 Å². The van der Waals surface area contributed by atoms with Crippen LogP contribution in [0.4, 0.5) is 0 Å². The van der Waals surface area contributed by atoms with Gasteiger partial charge in [0, 0.05) is 31.9 Å². The van der Waals surface area contributed by atoms with Gasteiger partial charge in [0.25, 0.3) is 0 Å². The smallest absolute Gasteiger partial charge is 0.191 e. The summed E-state index contributed by atoms with van der Waals surface area (Å²) < 4.78 is 5.78. The molecule has 29 heavy (non-hydrogen) atoms. The zero-order valence-corrected chi connectivity index (χ0v) is 19.9. The molecule has 0 aliphatic carbocycles. The first kappa shape index (κ1) is 23.2. The molecule has 2 aromatic carbocycles. The molecule has 3 rings (SSSR count). The van der Waals surface area contributed by atoms with Gasteiger partial charge in [-0.05, 0) is 30.2 Å². The third kappa shape index (κ3) is 8.02. The fourth-order valence-electron chi connectivity index (χ4n) is 2.68. The van der Waals surface area contributed by atoms with E-state index in [1.807, 2.05) is 37.3 Å². The number of halogens is 1. The third-order valence-corrected chi connectivity index (χ3v) is 5.02. The number of hydrogen-bond donors (Lipinski definition) is 2. The molecule has 0 atom stereocenters. The average molecular weight is 522 g/mol. The number of ether oxygens (including phenoxy) is 1. The van der Waals surface area contributed by atoms with Crippen molar-refractivity contribution < 1.29 is 4.74 Å². The quantitative estimate of drug-likeness (QED) is 0.259. The van der Waals surface area contributed by atoms with Gasteiger partial charge in [-0.3, -0.25) is 4.99 Å². The predicted molar refractivity (Wildman–Crippen MR) is 131 cm³/mol. The van der Waals surface area contributed by atoms with E-state index >= 15 is 0 Å². The number of aliphatic imine (C=N–C) groups is 1. The molecule has 0 radical (unpaired) electrons. The highest BCUT2D eigenvalue weighted by atomic mass is 127. The molecule has 0 amide bonds. The Morgan fingerprint density at radius 3 is 2.41 bits per heavy atom. The van der Waals surface area contributed by atoms with Gasteiger partial charge in [-0.25, -0.2) is 4.98 Å². The Hall–Kier alpha value is -2.13. The van der Waals surface area contributed by atoms with Crippen molar-refractivity contribution in [3.8, 4) is 5.75 Å². The van der Waals surface area contributed by atoms with Crippen LogP contribution in [-0.2, 0) is 19.6 Å². The zero-order chi connectivity index (χ0) is 19.6. The molecule has 0 bridgehead atoms. The lowest BCUT2D eigenvalue weighted by Crippen LogP contribution is -2.37. The Morgan fingerprint density at radius 1 is 1.03 bits per heavy atom. The minimum Gasteiger partial charge on any atom is -0.489 e. The van der Waals surface area contributed by atoms with Crippen molar-refractivity contribution in [2.45, 2.75) is 26.5 Å². The summed E-state index contributed by atoms with van der Waals surface area (Å²) in [5.41, 5.74) is 3.47. The summed E-state index contributed by atoms with van der Waals surface area (Å²) in [5.74, 6) is 1.68. The van der Waals surface area contributed by atoms with Gasteiger partial charge in [0.1, 0.15) is 12.4 Å². The van der Waals surface area contributed by atoms with E-state index < -0.39 is 0 Å². The fraction of sp³-hybridized carbons (Fsp3) is 0.273. The maximum absolute atomic E-state index is 5.78. The van der Waals surface area contributed by atoms with Crippen molar-refractivity contribution in [2.24, 2.45) is 4.99 Å². The number of para-hydroxylation sites is 1. The van der Waals surface area contributed by atoms with E-state index in [4.69, 9.17) is 4.74 Å². The molecule has 1 aromatic heterocycles. The van der Waals surface area contributed by atoms with Crippen LogP contribution in [0.2, 0.25) is 0 Å². The van der Waals surface area contributed by atoms with Crippen molar-refractivity contribution in [1.82, 2.24) is 15.6 Å². The van der Waals surface area contributed by atoms with Gasteiger partial charge in [0.2, 0.25) is 0 Å². The average Bonchev–Trinajstić information content (AvgIpc) is 3.15. The summed E-state index contributed by atoms with van der Waals surface area (Å²) in [5, 5.41) is 9.89. The van der Waals surface area contributed by atoms with Gasteiger partial charge in [-0.2, -0.15) is 0 Å². The highest BCUT2D eigenvalue weighted by Crippen LogP contribution is 2.12. The summed E-state index contributed by atoms with van der Waals surface area (Å²) in [6.07, 6.45) is 0.890. The van der Waals surface area contributed by atoms with Gasteiger partial charge < -0.3 is 15.4 Å². The summed E-state index contributed by atoms with van der Waals surface area (Å²) >= 11 is 1.69. The molecule has 5 nitrogen and oxygen atoms in total. The van der Waals surface area contributed by atoms with Crippen molar-refractivity contribution in [3.63, 3.8) is 0 Å². The molecule has 0 aliphatic rings. The number of nitrogens with one attached hydrogen (secondary N) is 2. The van der Waals surface area contributed by atoms with Crippen LogP contribution in [0.1, 0.15) is 21.8 Å². The lowest BCUT2D eigenvalue weighted by molar-refractivity contribution is 0.306. The second kappa shape index (κ2) is 12.4. The summed E-state index contributed by atoms with van der Waals surface area (Å²) in [4.78, 5) is 8.75. The van der Waals surface area contributed by atoms with E-state index in [9.17, 15) is 0 Å². The topological polar surface area (TPSA) is 58.5 Å². The molecule has 0 unspecified atom stereocenters. The van der Waals surface area contributed by atoms with Crippen molar-refractivity contribution >= 4 is 41.3 Å². The minimum atomic E-state index is 0. The van der Waals surface area contributed by atoms with E-state index in [0.717, 1.165) is 47.5 Å². The third-order valence-electron chi connectivity index (χ3n) is 4.20. The predicted octanol–water partition coefficient (Wildman–Crippen LogP) is 4.56. The Bertz CT molecular complexity index is 881. The van der Waals surface area contributed by atoms with E-state index in [2.05, 4.69) is 50.3 Å². The molecule has 7 heteroatoms. The number of nitrogens with zero attached hydrogens (tertiary/aromatic N) is 2. The first-order valence-corrected chi connectivity index (χ1v) is 10.2. The van der Waals surface area contributed by atoms with Crippen LogP contribution < -0.4 is 15.4 Å². The number of benzene rings is 2. The van der Waals surface area contributed by atoms with Crippen molar-refractivity contribution in [1.29, 1.82) is 0 Å². The summed E-state index contributed by atoms with van der Waals surface area (Å²) in [6.45, 7) is 4.12. The highest BCUT2D eigenvalue weighted by Gasteiger charge is 2.02. The van der Waals surface area contributed by atoms with Crippen LogP contribution >= 0.6 is 35.3 Å². The molecule has 0 aliphatic heterocycles. The second-order valence-electron chi connectivity index (χ2n) is 6.38. The fourth-order valence-corrected chi connectivity index (χ4v) is 3.32. The van der Waals surface area contributed by atoms with Gasteiger partial charge in [0.15, 0.2) is 5.96 Å². The largest absolute Gasteiger partial charge is 0.489 e. The highest BCUT2D eigenvalue weighted by molar-refractivity contribution is 14.0. The molecule has 2 N–H and O–H groups in total. The molecular formula is C22H27IN4OS. The van der Waals surface area contributed by atoms with Crippen molar-refractivity contribution in [3.05, 3.63) is 81.8 Å². The lowest BCUT2D eigenvalue weighted by atomic mass is 10.1. The molecule has 0 saturated carbocycles. The van der Waals surface area contributed by atoms with Crippen molar-refractivity contribution in [2.75, 3.05) is 13.6 Å². The molecular weight excluding hydrogens is 495 g/mol. The van der Waals surface area contributed by atoms with Crippen LogP contribution in [0.15, 0.2) is 65.0 Å². The maximum atomic E-state index is 5.78. The molecule has 3 aromatic rings. The van der Waals surface area contributed by atoms with Gasteiger partial charge in [-0.1, -0.05) is 42.5 Å². The molecule has 154 valence electrons. The monoisotopic (exact) mass is 522 g/mol. The number of guanidine groups is 1. The molecule has 1 heterocycles. The second-order valence-corrected chi connectivity index (χ2v) is 7.44. The summed E-state index contributed by atoms with van der Waals surface area (Å²) in [6, 6.07) is 18.3. The lowest BCUT2D eigenvalue weighted by Gasteiger charge is -2.12. The van der Waals surface area contributed by atoms with E-state index in [0.29, 0.717) is 6.61 Å². The van der Waals surface area contributed by atoms with E-state index in [1.165, 1.54) is 5.56 Å².